The van der Waals surface area contributed by atoms with E-state index in [1.807, 2.05) is 6.07 Å². The van der Waals surface area contributed by atoms with Crippen molar-refractivity contribution in [2.45, 2.75) is 77.2 Å². The van der Waals surface area contributed by atoms with Crippen molar-refractivity contribution in [1.29, 1.82) is 0 Å². The van der Waals surface area contributed by atoms with Crippen LogP contribution in [0, 0.1) is 5.92 Å². The van der Waals surface area contributed by atoms with Gasteiger partial charge in [-0.1, -0.05) is 82.1 Å². The molecule has 0 atom stereocenters. The standard InChI is InChI=1S/C31H50N6O2/c32-29-24-30(37-18-16-36(17-19-37)20-22-39-23-21-38)35-31(34-29)33-25-28-14-12-27(13-15-28)11-5-2-1-4-8-26-9-6-3-7-10-26/h12-15,24,26,38H,1-11,16-23,25H2,(H3,32,33,34,35). The van der Waals surface area contributed by atoms with Crippen LogP contribution in [0.1, 0.15) is 75.3 Å². The van der Waals surface area contributed by atoms with Crippen molar-refractivity contribution in [2.24, 2.45) is 5.92 Å². The minimum Gasteiger partial charge on any atom is -0.394 e. The fourth-order valence-corrected chi connectivity index (χ4v) is 5.85. The Kier molecular flexibility index (Phi) is 12.6. The van der Waals surface area contributed by atoms with E-state index in [1.165, 1.54) is 81.8 Å². The van der Waals surface area contributed by atoms with E-state index in [9.17, 15) is 0 Å². The van der Waals surface area contributed by atoms with Crippen molar-refractivity contribution in [3.63, 3.8) is 0 Å². The van der Waals surface area contributed by atoms with Gasteiger partial charge in [0.2, 0.25) is 5.95 Å². The van der Waals surface area contributed by atoms with E-state index in [0.29, 0.717) is 31.5 Å². The summed E-state index contributed by atoms with van der Waals surface area (Å²) < 4.78 is 5.40. The van der Waals surface area contributed by atoms with Crippen LogP contribution < -0.4 is 16.0 Å². The number of nitrogens with one attached hydrogen (secondary N) is 1. The van der Waals surface area contributed by atoms with Crippen LogP contribution in [-0.4, -0.2) is 72.5 Å². The Morgan fingerprint density at radius 2 is 1.64 bits per heavy atom. The van der Waals surface area contributed by atoms with Crippen molar-refractivity contribution in [3.05, 3.63) is 41.5 Å². The molecule has 0 spiro atoms. The van der Waals surface area contributed by atoms with E-state index >= 15 is 0 Å². The van der Waals surface area contributed by atoms with Crippen LogP contribution in [-0.2, 0) is 17.7 Å². The molecule has 1 saturated heterocycles. The highest BCUT2D eigenvalue weighted by atomic mass is 16.5. The predicted molar refractivity (Wildman–Crippen MR) is 160 cm³/mol. The lowest BCUT2D eigenvalue weighted by Gasteiger charge is -2.35. The molecule has 0 unspecified atom stereocenters. The largest absolute Gasteiger partial charge is 0.394 e. The summed E-state index contributed by atoms with van der Waals surface area (Å²) in [6.07, 6.45) is 15.4. The lowest BCUT2D eigenvalue weighted by Crippen LogP contribution is -2.47. The van der Waals surface area contributed by atoms with Crippen molar-refractivity contribution < 1.29 is 9.84 Å². The molecule has 1 aliphatic carbocycles. The Hall–Kier alpha value is -2.42. The minimum atomic E-state index is 0.0743. The van der Waals surface area contributed by atoms with Gasteiger partial charge in [-0.05, 0) is 29.9 Å². The molecule has 0 bridgehead atoms. The topological polar surface area (TPSA) is 99.8 Å². The molecule has 2 aliphatic rings. The van der Waals surface area contributed by atoms with Gasteiger partial charge in [-0.25, -0.2) is 0 Å². The highest BCUT2D eigenvalue weighted by Gasteiger charge is 2.19. The quantitative estimate of drug-likeness (QED) is 0.260. The van der Waals surface area contributed by atoms with E-state index in [2.05, 4.69) is 44.4 Å². The number of unbranched alkanes of at least 4 members (excludes halogenated alkanes) is 3. The maximum atomic E-state index is 8.83. The molecule has 0 amide bonds. The van der Waals surface area contributed by atoms with Crippen LogP contribution in [0.4, 0.5) is 17.6 Å². The lowest BCUT2D eigenvalue weighted by molar-refractivity contribution is 0.0724. The summed E-state index contributed by atoms with van der Waals surface area (Å²) >= 11 is 0. The number of aliphatic hydroxyl groups excluding tert-OH is 1. The normalized spacial score (nSPS) is 17.0. The van der Waals surface area contributed by atoms with Crippen LogP contribution in [0.5, 0.6) is 0 Å². The maximum absolute atomic E-state index is 8.83. The van der Waals surface area contributed by atoms with E-state index in [-0.39, 0.29) is 6.61 Å². The summed E-state index contributed by atoms with van der Waals surface area (Å²) in [5, 5.41) is 12.2. The van der Waals surface area contributed by atoms with Gasteiger partial charge in [-0.3, -0.25) is 4.90 Å². The first kappa shape index (κ1) is 29.6. The number of anilines is 3. The van der Waals surface area contributed by atoms with Crippen molar-refractivity contribution >= 4 is 17.6 Å². The number of nitrogens with zero attached hydrogens (tertiary/aromatic N) is 4. The number of aliphatic hydroxyl groups is 1. The number of hydrogen-bond donors (Lipinski definition) is 3. The molecular weight excluding hydrogens is 488 g/mol. The number of nitrogen functional groups attached to an aromatic ring is 1. The second-order valence-corrected chi connectivity index (χ2v) is 11.3. The highest BCUT2D eigenvalue weighted by molar-refractivity contribution is 5.52. The fourth-order valence-electron chi connectivity index (χ4n) is 5.85. The van der Waals surface area contributed by atoms with E-state index < -0.39 is 0 Å². The van der Waals surface area contributed by atoms with Gasteiger partial charge in [0.1, 0.15) is 11.6 Å². The van der Waals surface area contributed by atoms with Gasteiger partial charge in [0.25, 0.3) is 0 Å². The second-order valence-electron chi connectivity index (χ2n) is 11.3. The molecule has 1 aliphatic heterocycles. The Morgan fingerprint density at radius 3 is 2.41 bits per heavy atom. The van der Waals surface area contributed by atoms with Crippen LogP contribution in [0.25, 0.3) is 0 Å². The number of ether oxygens (including phenoxy) is 1. The van der Waals surface area contributed by atoms with E-state index in [1.54, 1.807) is 0 Å². The van der Waals surface area contributed by atoms with Crippen molar-refractivity contribution in [1.82, 2.24) is 14.9 Å². The molecule has 8 heteroatoms. The molecule has 2 aromatic rings. The molecule has 0 radical (unpaired) electrons. The number of nitrogens with two attached hydrogens (primary N) is 1. The second kappa shape index (κ2) is 16.6. The summed E-state index contributed by atoms with van der Waals surface area (Å²) in [7, 11) is 0. The zero-order chi connectivity index (χ0) is 27.1. The van der Waals surface area contributed by atoms with E-state index in [0.717, 1.165) is 44.5 Å². The smallest absolute Gasteiger partial charge is 0.226 e. The fraction of sp³-hybridized carbons (Fsp3) is 0.677. The molecule has 2 fully saturated rings. The lowest BCUT2D eigenvalue weighted by atomic mass is 9.85. The molecule has 216 valence electrons. The Balaban J connectivity index is 1.14. The zero-order valence-corrected chi connectivity index (χ0v) is 23.8. The first-order valence-corrected chi connectivity index (χ1v) is 15.3. The van der Waals surface area contributed by atoms with Crippen LogP contribution in [0.3, 0.4) is 0 Å². The van der Waals surface area contributed by atoms with Gasteiger partial charge < -0.3 is 25.8 Å². The molecule has 4 rings (SSSR count). The summed E-state index contributed by atoms with van der Waals surface area (Å²) in [5.41, 5.74) is 8.77. The predicted octanol–water partition coefficient (Wildman–Crippen LogP) is 4.88. The summed E-state index contributed by atoms with van der Waals surface area (Å²) in [5.74, 6) is 2.95. The van der Waals surface area contributed by atoms with Gasteiger partial charge in [-0.2, -0.15) is 9.97 Å². The summed E-state index contributed by atoms with van der Waals surface area (Å²) in [6, 6.07) is 10.8. The monoisotopic (exact) mass is 538 g/mol. The van der Waals surface area contributed by atoms with Gasteiger partial charge in [0, 0.05) is 45.3 Å². The molecule has 2 heterocycles. The van der Waals surface area contributed by atoms with Crippen molar-refractivity contribution in [2.75, 3.05) is 68.5 Å². The summed E-state index contributed by atoms with van der Waals surface area (Å²) in [4.78, 5) is 13.8. The zero-order valence-electron chi connectivity index (χ0n) is 23.8. The third kappa shape index (κ3) is 10.6. The average molecular weight is 539 g/mol. The van der Waals surface area contributed by atoms with Gasteiger partial charge >= 0.3 is 0 Å². The summed E-state index contributed by atoms with van der Waals surface area (Å²) in [6.45, 7) is 6.35. The molecule has 1 saturated carbocycles. The van der Waals surface area contributed by atoms with Crippen LogP contribution >= 0.6 is 0 Å². The number of aromatic nitrogens is 2. The first-order valence-electron chi connectivity index (χ1n) is 15.3. The number of piperazine rings is 1. The number of aryl methyl sites for hydroxylation is 1. The minimum absolute atomic E-state index is 0.0743. The molecule has 1 aromatic carbocycles. The number of hydrogen-bond acceptors (Lipinski definition) is 8. The maximum Gasteiger partial charge on any atom is 0.226 e. The molecule has 39 heavy (non-hydrogen) atoms. The first-order chi connectivity index (χ1) is 19.2. The average Bonchev–Trinajstić information content (AvgIpc) is 2.97. The van der Waals surface area contributed by atoms with Crippen LogP contribution in [0.2, 0.25) is 0 Å². The SMILES string of the molecule is Nc1cc(N2CCN(CCOCCO)CC2)nc(NCc2ccc(CCCCCCC3CCCCC3)cc2)n1. The number of benzene rings is 1. The highest BCUT2D eigenvalue weighted by Crippen LogP contribution is 2.28. The van der Waals surface area contributed by atoms with Crippen molar-refractivity contribution in [3.8, 4) is 0 Å². The van der Waals surface area contributed by atoms with Gasteiger partial charge in [0.05, 0.1) is 19.8 Å². The third-order valence-electron chi connectivity index (χ3n) is 8.24. The molecule has 4 N–H and O–H groups in total. The molecule has 1 aromatic heterocycles. The van der Waals surface area contributed by atoms with E-state index in [4.69, 9.17) is 20.6 Å². The van der Waals surface area contributed by atoms with Gasteiger partial charge in [-0.15, -0.1) is 0 Å². The Morgan fingerprint density at radius 1 is 0.897 bits per heavy atom. The number of rotatable bonds is 16. The van der Waals surface area contributed by atoms with Gasteiger partial charge in [0.15, 0.2) is 0 Å². The molecule has 8 nitrogen and oxygen atoms in total. The Bertz CT molecular complexity index is 943. The molecular formula is C31H50N6O2. The van der Waals surface area contributed by atoms with Crippen LogP contribution in [0.15, 0.2) is 30.3 Å². The Labute approximate surface area is 235 Å². The third-order valence-corrected chi connectivity index (χ3v) is 8.24.